The smallest absolute Gasteiger partial charge is 0.423 e. The Morgan fingerprint density at radius 1 is 1.15 bits per heavy atom. The van der Waals surface area contributed by atoms with Gasteiger partial charge in [0.2, 0.25) is 0 Å². The van der Waals surface area contributed by atoms with Crippen LogP contribution in [0.4, 0.5) is 0 Å². The van der Waals surface area contributed by atoms with Gasteiger partial charge in [0.25, 0.3) is 0 Å². The van der Waals surface area contributed by atoms with E-state index in [9.17, 15) is 4.79 Å². The maximum Gasteiger partial charge on any atom is 0.423 e. The number of ether oxygens (including phenoxy) is 3. The van der Waals surface area contributed by atoms with E-state index in [-0.39, 0.29) is 0 Å². The highest BCUT2D eigenvalue weighted by molar-refractivity contribution is 5.53. The van der Waals surface area contributed by atoms with Crippen molar-refractivity contribution < 1.29 is 19.0 Å². The first-order valence-electron chi connectivity index (χ1n) is 3.58. The van der Waals surface area contributed by atoms with Gasteiger partial charge in [0.1, 0.15) is 5.75 Å². The highest BCUT2D eigenvalue weighted by Crippen LogP contribution is 2.30. The molecule has 0 fully saturated rings. The van der Waals surface area contributed by atoms with Crippen molar-refractivity contribution in [2.24, 2.45) is 0 Å². The van der Waals surface area contributed by atoms with Gasteiger partial charge in [0.05, 0.1) is 14.2 Å². The molecule has 1 aromatic rings. The van der Waals surface area contributed by atoms with Crippen LogP contribution in [0.5, 0.6) is 17.2 Å². The molecule has 69 valence electrons. The summed E-state index contributed by atoms with van der Waals surface area (Å²) in [5.74, 6) is 1.39. The summed E-state index contributed by atoms with van der Waals surface area (Å²) < 4.78 is 14.5. The van der Waals surface area contributed by atoms with E-state index < -0.39 is 0 Å². The van der Waals surface area contributed by atoms with Crippen LogP contribution in [0.2, 0.25) is 0 Å². The molecule has 0 saturated heterocycles. The molecule has 0 atom stereocenters. The summed E-state index contributed by atoms with van der Waals surface area (Å²) in [6, 6.07) is 4.85. The minimum atomic E-state index is 0.318. The van der Waals surface area contributed by atoms with Crippen LogP contribution >= 0.6 is 0 Å². The maximum atomic E-state index is 9.96. The predicted octanol–water partition coefficient (Wildman–Crippen LogP) is 1.15. The molecule has 0 aliphatic heterocycles. The highest BCUT2D eigenvalue weighted by Gasteiger charge is 2.05. The van der Waals surface area contributed by atoms with Gasteiger partial charge >= 0.3 is 6.47 Å². The predicted molar refractivity (Wildman–Crippen MR) is 45.9 cm³/mol. The largest absolute Gasteiger partial charge is 0.497 e. The minimum Gasteiger partial charge on any atom is -0.497 e. The Labute approximate surface area is 76.0 Å². The van der Waals surface area contributed by atoms with Crippen molar-refractivity contribution in [3.8, 4) is 17.2 Å². The van der Waals surface area contributed by atoms with Crippen LogP contribution in [0, 0.1) is 0 Å². The molecule has 0 amide bonds. The zero-order valence-corrected chi connectivity index (χ0v) is 7.37. The Balaban J connectivity index is 3.00. The molecule has 1 radical (unpaired) electrons. The molecular formula is C9H9O4. The summed E-state index contributed by atoms with van der Waals surface area (Å²) >= 11 is 0. The average Bonchev–Trinajstić information content (AvgIpc) is 2.19. The Morgan fingerprint density at radius 3 is 2.46 bits per heavy atom. The zero-order valence-electron chi connectivity index (χ0n) is 7.37. The van der Waals surface area contributed by atoms with Crippen molar-refractivity contribution >= 4 is 6.47 Å². The third kappa shape index (κ3) is 2.11. The van der Waals surface area contributed by atoms with E-state index in [2.05, 4.69) is 4.74 Å². The molecule has 1 rings (SSSR count). The lowest BCUT2D eigenvalue weighted by Gasteiger charge is -2.06. The van der Waals surface area contributed by atoms with Gasteiger partial charge in [-0.3, -0.25) is 0 Å². The number of hydrogen-bond acceptors (Lipinski definition) is 4. The topological polar surface area (TPSA) is 44.8 Å². The van der Waals surface area contributed by atoms with E-state index in [1.165, 1.54) is 13.6 Å². The van der Waals surface area contributed by atoms with Crippen LogP contribution in [-0.4, -0.2) is 20.7 Å². The molecule has 0 aromatic heterocycles. The molecule has 4 heteroatoms. The standard InChI is InChI=1S/C9H9O4/c1-11-7-3-4-8(13-6-10)9(5-7)12-2/h3-5H,1-2H3. The molecule has 0 saturated carbocycles. The minimum absolute atomic E-state index is 0.318. The fourth-order valence-corrected chi connectivity index (χ4v) is 0.904. The number of methoxy groups -OCH3 is 2. The number of rotatable bonds is 4. The van der Waals surface area contributed by atoms with Gasteiger partial charge in [-0.1, -0.05) is 0 Å². The van der Waals surface area contributed by atoms with Crippen molar-refractivity contribution in [3.63, 3.8) is 0 Å². The van der Waals surface area contributed by atoms with Crippen molar-refractivity contribution in [2.45, 2.75) is 0 Å². The fraction of sp³-hybridized carbons (Fsp3) is 0.222. The van der Waals surface area contributed by atoms with Crippen LogP contribution in [0.3, 0.4) is 0 Å². The molecule has 0 heterocycles. The van der Waals surface area contributed by atoms with E-state index in [1.54, 1.807) is 25.3 Å². The van der Waals surface area contributed by atoms with Gasteiger partial charge in [0.15, 0.2) is 11.5 Å². The molecule has 13 heavy (non-hydrogen) atoms. The van der Waals surface area contributed by atoms with E-state index in [1.807, 2.05) is 0 Å². The summed E-state index contributed by atoms with van der Waals surface area (Å²) in [5.41, 5.74) is 0. The maximum absolute atomic E-state index is 9.96. The first-order valence-corrected chi connectivity index (χ1v) is 3.58. The van der Waals surface area contributed by atoms with Crippen LogP contribution in [0.15, 0.2) is 18.2 Å². The number of benzene rings is 1. The monoisotopic (exact) mass is 181 g/mol. The normalized spacial score (nSPS) is 9.08. The van der Waals surface area contributed by atoms with E-state index >= 15 is 0 Å². The first kappa shape index (κ1) is 9.38. The third-order valence-corrected chi connectivity index (χ3v) is 1.52. The quantitative estimate of drug-likeness (QED) is 0.698. The lowest BCUT2D eigenvalue weighted by atomic mass is 10.3. The summed E-state index contributed by atoms with van der Waals surface area (Å²) in [4.78, 5) is 9.96. The fourth-order valence-electron chi connectivity index (χ4n) is 0.904. The SMILES string of the molecule is COc1ccc(O[C]=O)c(OC)c1. The second kappa shape index (κ2) is 4.35. The molecule has 0 spiro atoms. The lowest BCUT2D eigenvalue weighted by Crippen LogP contribution is -1.93. The Hall–Kier alpha value is -1.71. The van der Waals surface area contributed by atoms with Gasteiger partial charge < -0.3 is 14.2 Å². The second-order valence-corrected chi connectivity index (χ2v) is 2.20. The van der Waals surface area contributed by atoms with Crippen molar-refractivity contribution in [3.05, 3.63) is 18.2 Å². The molecule has 0 unspecified atom stereocenters. The molecular weight excluding hydrogens is 172 g/mol. The van der Waals surface area contributed by atoms with E-state index in [0.717, 1.165) is 0 Å². The van der Waals surface area contributed by atoms with E-state index in [0.29, 0.717) is 17.2 Å². The average molecular weight is 181 g/mol. The Morgan fingerprint density at radius 2 is 1.92 bits per heavy atom. The van der Waals surface area contributed by atoms with Gasteiger partial charge in [0, 0.05) is 6.07 Å². The van der Waals surface area contributed by atoms with Crippen LogP contribution in [0.1, 0.15) is 0 Å². The summed E-state index contributed by atoms with van der Waals surface area (Å²) in [7, 11) is 3.02. The molecule has 4 nitrogen and oxygen atoms in total. The van der Waals surface area contributed by atoms with Crippen molar-refractivity contribution in [2.75, 3.05) is 14.2 Å². The Bertz CT molecular complexity index is 296. The summed E-state index contributed by atoms with van der Waals surface area (Å²) in [6.45, 7) is 1.33. The number of carbonyl (C=O) groups excluding carboxylic acids is 1. The molecule has 0 aliphatic carbocycles. The van der Waals surface area contributed by atoms with Gasteiger partial charge in [-0.25, -0.2) is 4.79 Å². The van der Waals surface area contributed by atoms with Crippen LogP contribution in [0.25, 0.3) is 0 Å². The first-order chi connectivity index (χ1) is 6.31. The van der Waals surface area contributed by atoms with Crippen molar-refractivity contribution in [1.82, 2.24) is 0 Å². The number of hydrogen-bond donors (Lipinski definition) is 0. The van der Waals surface area contributed by atoms with E-state index in [4.69, 9.17) is 9.47 Å². The molecule has 0 aliphatic rings. The highest BCUT2D eigenvalue weighted by atomic mass is 16.5. The van der Waals surface area contributed by atoms with Gasteiger partial charge in [-0.15, -0.1) is 0 Å². The lowest BCUT2D eigenvalue weighted by molar-refractivity contribution is 0.370. The molecule has 1 aromatic carbocycles. The molecule has 0 N–H and O–H groups in total. The Kier molecular flexibility index (Phi) is 3.14. The summed E-state index contributed by atoms with van der Waals surface area (Å²) in [6.07, 6.45) is 0. The van der Waals surface area contributed by atoms with Crippen LogP contribution < -0.4 is 14.2 Å². The zero-order chi connectivity index (χ0) is 9.68. The van der Waals surface area contributed by atoms with Crippen molar-refractivity contribution in [1.29, 1.82) is 0 Å². The second-order valence-electron chi connectivity index (χ2n) is 2.20. The van der Waals surface area contributed by atoms with Gasteiger partial charge in [-0.2, -0.15) is 0 Å². The third-order valence-electron chi connectivity index (χ3n) is 1.52. The van der Waals surface area contributed by atoms with Crippen LogP contribution in [-0.2, 0) is 4.79 Å². The summed E-state index contributed by atoms with van der Waals surface area (Å²) in [5, 5.41) is 0. The van der Waals surface area contributed by atoms with Gasteiger partial charge in [-0.05, 0) is 12.1 Å². The molecule has 0 bridgehead atoms.